The van der Waals surface area contributed by atoms with Gasteiger partial charge in [-0.3, -0.25) is 9.59 Å². The SMILES string of the molecule is CC1(C)C2(c3ccc(C#N)cc3)C3C(=O)N(c4ccccc4)C(=O)C3C12c1ccc(C#N)cc1. The first-order chi connectivity index (χ1) is 16.4. The summed E-state index contributed by atoms with van der Waals surface area (Å²) in [5, 5.41) is 18.6. The van der Waals surface area contributed by atoms with Gasteiger partial charge in [-0.15, -0.1) is 0 Å². The second kappa shape index (κ2) is 6.43. The van der Waals surface area contributed by atoms with E-state index in [1.54, 1.807) is 36.4 Å². The number of nitriles is 2. The number of para-hydroxylation sites is 1. The zero-order valence-electron chi connectivity index (χ0n) is 18.8. The summed E-state index contributed by atoms with van der Waals surface area (Å²) in [6.45, 7) is 4.27. The summed E-state index contributed by atoms with van der Waals surface area (Å²) in [6, 6.07) is 28.3. The van der Waals surface area contributed by atoms with Crippen molar-refractivity contribution in [1.82, 2.24) is 0 Å². The third-order valence-corrected chi connectivity index (χ3v) is 8.72. The summed E-state index contributed by atoms with van der Waals surface area (Å²) < 4.78 is 0. The summed E-state index contributed by atoms with van der Waals surface area (Å²) in [6.07, 6.45) is 0. The molecule has 3 aliphatic rings. The van der Waals surface area contributed by atoms with Crippen molar-refractivity contribution >= 4 is 17.5 Å². The highest BCUT2D eigenvalue weighted by Crippen LogP contribution is 2.93. The molecule has 3 aromatic carbocycles. The Morgan fingerprint density at radius 2 is 1.09 bits per heavy atom. The Balaban J connectivity index is 1.58. The molecular formula is C29H21N3O2. The van der Waals surface area contributed by atoms with Gasteiger partial charge in [-0.1, -0.05) is 56.3 Å². The number of fused-ring (bicyclic) bond motifs is 4. The Morgan fingerprint density at radius 3 is 1.47 bits per heavy atom. The van der Waals surface area contributed by atoms with Crippen molar-refractivity contribution in [1.29, 1.82) is 10.5 Å². The van der Waals surface area contributed by atoms with Gasteiger partial charge in [0.15, 0.2) is 0 Å². The molecule has 2 amide bonds. The van der Waals surface area contributed by atoms with Gasteiger partial charge in [0.2, 0.25) is 11.8 Å². The van der Waals surface area contributed by atoms with Gasteiger partial charge >= 0.3 is 0 Å². The molecule has 1 aliphatic heterocycles. The number of hydrogen-bond acceptors (Lipinski definition) is 4. The normalized spacial score (nSPS) is 29.9. The molecule has 2 saturated carbocycles. The van der Waals surface area contributed by atoms with Gasteiger partial charge < -0.3 is 0 Å². The quantitative estimate of drug-likeness (QED) is 0.559. The van der Waals surface area contributed by atoms with Crippen molar-refractivity contribution in [3.8, 4) is 12.1 Å². The van der Waals surface area contributed by atoms with Crippen LogP contribution in [0.15, 0.2) is 78.9 Å². The number of imide groups is 1. The number of nitrogens with zero attached hydrogens (tertiary/aromatic N) is 3. The lowest BCUT2D eigenvalue weighted by Gasteiger charge is -2.45. The Kier molecular flexibility index (Phi) is 3.86. The number of rotatable bonds is 3. The van der Waals surface area contributed by atoms with Crippen LogP contribution in [0, 0.1) is 39.9 Å². The van der Waals surface area contributed by atoms with E-state index in [0.29, 0.717) is 16.8 Å². The van der Waals surface area contributed by atoms with Gasteiger partial charge in [-0.2, -0.15) is 10.5 Å². The van der Waals surface area contributed by atoms with Crippen molar-refractivity contribution < 1.29 is 9.59 Å². The first-order valence-corrected chi connectivity index (χ1v) is 11.3. The zero-order valence-corrected chi connectivity index (χ0v) is 18.8. The molecule has 3 aromatic rings. The van der Waals surface area contributed by atoms with E-state index in [1.807, 2.05) is 42.5 Å². The minimum atomic E-state index is -0.580. The predicted octanol–water partition coefficient (Wildman–Crippen LogP) is 4.46. The molecule has 34 heavy (non-hydrogen) atoms. The maximum Gasteiger partial charge on any atom is 0.238 e. The highest BCUT2D eigenvalue weighted by Gasteiger charge is 3.00. The first kappa shape index (κ1) is 20.4. The van der Waals surface area contributed by atoms with Crippen molar-refractivity contribution in [2.45, 2.75) is 24.7 Å². The van der Waals surface area contributed by atoms with Gasteiger partial charge in [0.1, 0.15) is 0 Å². The van der Waals surface area contributed by atoms with Crippen LogP contribution in [0.4, 0.5) is 5.69 Å². The molecule has 0 radical (unpaired) electrons. The van der Waals surface area contributed by atoms with Crippen LogP contribution >= 0.6 is 0 Å². The smallest absolute Gasteiger partial charge is 0.238 e. The minimum absolute atomic E-state index is 0.166. The van der Waals surface area contributed by atoms with Crippen LogP contribution in [-0.4, -0.2) is 11.8 Å². The number of carbonyl (C=O) groups is 2. The van der Waals surface area contributed by atoms with Gasteiger partial charge in [-0.25, -0.2) is 4.90 Å². The third-order valence-electron chi connectivity index (χ3n) is 8.72. The van der Waals surface area contributed by atoms with E-state index in [2.05, 4.69) is 26.0 Å². The van der Waals surface area contributed by atoms with Crippen LogP contribution in [0.2, 0.25) is 0 Å². The first-order valence-electron chi connectivity index (χ1n) is 11.3. The summed E-state index contributed by atoms with van der Waals surface area (Å²) in [5.74, 6) is -1.31. The molecular weight excluding hydrogens is 422 g/mol. The van der Waals surface area contributed by atoms with E-state index < -0.39 is 22.7 Å². The monoisotopic (exact) mass is 443 g/mol. The molecule has 0 aromatic heterocycles. The van der Waals surface area contributed by atoms with Crippen molar-refractivity contribution in [2.75, 3.05) is 4.90 Å². The molecule has 0 bridgehead atoms. The van der Waals surface area contributed by atoms with E-state index in [1.165, 1.54) is 4.90 Å². The molecule has 1 heterocycles. The van der Waals surface area contributed by atoms with Crippen molar-refractivity contribution in [3.63, 3.8) is 0 Å². The molecule has 1 saturated heterocycles. The lowest BCUT2D eigenvalue weighted by atomic mass is 9.53. The summed E-state index contributed by atoms with van der Waals surface area (Å²) in [5.41, 5.74) is 2.10. The Morgan fingerprint density at radius 1 is 0.676 bits per heavy atom. The summed E-state index contributed by atoms with van der Waals surface area (Å²) >= 11 is 0. The van der Waals surface area contributed by atoms with Crippen LogP contribution in [-0.2, 0) is 20.4 Å². The van der Waals surface area contributed by atoms with E-state index in [9.17, 15) is 20.1 Å². The molecule has 0 N–H and O–H groups in total. The maximum atomic E-state index is 13.9. The van der Waals surface area contributed by atoms with E-state index in [-0.39, 0.29) is 17.2 Å². The minimum Gasteiger partial charge on any atom is -0.274 e. The van der Waals surface area contributed by atoms with Gasteiger partial charge in [0.05, 0.1) is 40.8 Å². The van der Waals surface area contributed by atoms with E-state index in [0.717, 1.165) is 11.1 Å². The highest BCUT2D eigenvalue weighted by atomic mass is 16.2. The number of hydrogen-bond donors (Lipinski definition) is 0. The molecule has 6 rings (SSSR count). The number of carbonyl (C=O) groups excluding carboxylic acids is 2. The number of anilines is 1. The van der Waals surface area contributed by atoms with E-state index >= 15 is 0 Å². The molecule has 164 valence electrons. The Labute approximate surface area is 197 Å². The van der Waals surface area contributed by atoms with Crippen LogP contribution in [0.3, 0.4) is 0 Å². The van der Waals surface area contributed by atoms with Crippen LogP contribution in [0.5, 0.6) is 0 Å². The fraction of sp³-hybridized carbons (Fsp3) is 0.241. The van der Waals surface area contributed by atoms with Gasteiger partial charge in [0, 0.05) is 10.8 Å². The number of benzene rings is 3. The Bertz CT molecular complexity index is 1350. The molecule has 5 heteroatoms. The molecule has 3 fully saturated rings. The fourth-order valence-corrected chi connectivity index (χ4v) is 7.64. The Hall–Kier alpha value is -4.22. The van der Waals surface area contributed by atoms with Crippen molar-refractivity contribution in [3.05, 3.63) is 101 Å². The second-order valence-corrected chi connectivity index (χ2v) is 9.92. The summed E-state index contributed by atoms with van der Waals surface area (Å²) in [4.78, 5) is 29.1. The zero-order chi connectivity index (χ0) is 23.9. The van der Waals surface area contributed by atoms with Crippen LogP contribution < -0.4 is 4.90 Å². The number of amides is 2. The standard InChI is InChI=1S/C29H21N3O2/c1-27(2)28(20-12-8-18(16-30)9-13-20)23-24(29(27,28)21-14-10-19(17-31)11-15-21)26(34)32(25(23)33)22-6-4-3-5-7-22/h3-15,23-24H,1-2H3. The molecule has 4 unspecified atom stereocenters. The average Bonchev–Trinajstić information content (AvgIpc) is 3.08. The van der Waals surface area contributed by atoms with Gasteiger partial charge in [0.25, 0.3) is 0 Å². The second-order valence-electron chi connectivity index (χ2n) is 9.92. The fourth-order valence-electron chi connectivity index (χ4n) is 7.64. The average molecular weight is 444 g/mol. The van der Waals surface area contributed by atoms with Crippen molar-refractivity contribution in [2.24, 2.45) is 17.3 Å². The predicted molar refractivity (Wildman–Crippen MR) is 125 cm³/mol. The topological polar surface area (TPSA) is 85.0 Å². The lowest BCUT2D eigenvalue weighted by molar-refractivity contribution is -0.127. The molecule has 0 spiro atoms. The maximum absolute atomic E-state index is 13.9. The molecule has 4 atom stereocenters. The molecule has 5 nitrogen and oxygen atoms in total. The van der Waals surface area contributed by atoms with E-state index in [4.69, 9.17) is 0 Å². The van der Waals surface area contributed by atoms with Crippen LogP contribution in [0.1, 0.15) is 36.1 Å². The lowest BCUT2D eigenvalue weighted by Crippen LogP contribution is -2.53. The van der Waals surface area contributed by atoms with Gasteiger partial charge in [-0.05, 0) is 52.9 Å². The highest BCUT2D eigenvalue weighted by molar-refractivity contribution is 6.26. The third kappa shape index (κ3) is 1.96. The van der Waals surface area contributed by atoms with Crippen LogP contribution in [0.25, 0.3) is 0 Å². The largest absolute Gasteiger partial charge is 0.274 e. The summed E-state index contributed by atoms with van der Waals surface area (Å²) in [7, 11) is 0. The molecule has 2 aliphatic carbocycles.